The van der Waals surface area contributed by atoms with Crippen molar-refractivity contribution in [3.63, 3.8) is 0 Å². The topological polar surface area (TPSA) is 40.5 Å². The van der Waals surface area contributed by atoms with Crippen molar-refractivity contribution in [3.8, 4) is 0 Å². The molecule has 0 aliphatic rings. The number of rotatable bonds is 7. The third-order valence-electron chi connectivity index (χ3n) is 2.74. The number of carbonyl (C=O) groups is 1. The highest BCUT2D eigenvalue weighted by Crippen LogP contribution is 2.21. The van der Waals surface area contributed by atoms with Crippen LogP contribution in [0.3, 0.4) is 0 Å². The summed E-state index contributed by atoms with van der Waals surface area (Å²) in [5.41, 5.74) is -0.261. The Morgan fingerprint density at radius 3 is 2.61 bits per heavy atom. The largest absolute Gasteiger partial charge is 0.478 e. The molecule has 0 aromatic heterocycles. The van der Waals surface area contributed by atoms with Gasteiger partial charge in [-0.2, -0.15) is 0 Å². The second-order valence-electron chi connectivity index (χ2n) is 3.82. The zero-order valence-corrected chi connectivity index (χ0v) is 11.5. The number of carboxylic acid groups (broad SMARTS) is 1. The minimum atomic E-state index is -1.22. The van der Waals surface area contributed by atoms with Crippen LogP contribution in [0.1, 0.15) is 24.2 Å². The Bertz CT molecular complexity index is 408. The van der Waals surface area contributed by atoms with E-state index in [1.54, 1.807) is 17.8 Å². The van der Waals surface area contributed by atoms with E-state index >= 15 is 0 Å². The minimum absolute atomic E-state index is 0.261. The average molecular weight is 271 g/mol. The van der Waals surface area contributed by atoms with Crippen LogP contribution in [0.25, 0.3) is 0 Å². The van der Waals surface area contributed by atoms with Crippen molar-refractivity contribution in [2.24, 2.45) is 0 Å². The number of aromatic carboxylic acids is 1. The number of hydrogen-bond acceptors (Lipinski definition) is 3. The maximum absolute atomic E-state index is 13.2. The molecule has 5 heteroatoms. The molecule has 1 aromatic carbocycles. The van der Waals surface area contributed by atoms with Crippen LogP contribution < -0.4 is 0 Å². The van der Waals surface area contributed by atoms with Gasteiger partial charge in [-0.15, -0.1) is 11.8 Å². The summed E-state index contributed by atoms with van der Waals surface area (Å²) in [5.74, 6) is -1.04. The van der Waals surface area contributed by atoms with Crippen LogP contribution in [-0.4, -0.2) is 41.4 Å². The second-order valence-corrected chi connectivity index (χ2v) is 4.99. The molecule has 18 heavy (non-hydrogen) atoms. The van der Waals surface area contributed by atoms with E-state index < -0.39 is 11.8 Å². The Balaban J connectivity index is 2.58. The van der Waals surface area contributed by atoms with Crippen LogP contribution in [0, 0.1) is 5.82 Å². The fraction of sp³-hybridized carbons (Fsp3) is 0.462. The van der Waals surface area contributed by atoms with Crippen molar-refractivity contribution >= 4 is 17.7 Å². The Kier molecular flexibility index (Phi) is 6.15. The molecule has 0 aliphatic heterocycles. The second kappa shape index (κ2) is 7.38. The van der Waals surface area contributed by atoms with E-state index in [1.807, 2.05) is 0 Å². The van der Waals surface area contributed by atoms with Crippen LogP contribution in [-0.2, 0) is 0 Å². The Hall–Kier alpha value is -1.07. The molecule has 0 aliphatic carbocycles. The van der Waals surface area contributed by atoms with Gasteiger partial charge in [-0.05, 0) is 31.3 Å². The van der Waals surface area contributed by atoms with Gasteiger partial charge in [0, 0.05) is 17.2 Å². The molecule has 1 aromatic rings. The molecule has 0 spiro atoms. The van der Waals surface area contributed by atoms with E-state index in [9.17, 15) is 9.18 Å². The fourth-order valence-corrected chi connectivity index (χ4v) is 2.54. The molecule has 0 saturated carbocycles. The van der Waals surface area contributed by atoms with Crippen LogP contribution >= 0.6 is 11.8 Å². The highest BCUT2D eigenvalue weighted by molar-refractivity contribution is 7.99. The molecule has 0 heterocycles. The van der Waals surface area contributed by atoms with E-state index in [1.165, 1.54) is 12.1 Å². The zero-order valence-electron chi connectivity index (χ0n) is 10.6. The first-order chi connectivity index (χ1) is 8.58. The quantitative estimate of drug-likeness (QED) is 0.774. The number of halogens is 1. The lowest BCUT2D eigenvalue weighted by Crippen LogP contribution is -2.25. The number of benzene rings is 1. The molecular weight excluding hydrogens is 253 g/mol. The first kappa shape index (κ1) is 15.0. The predicted molar refractivity (Wildman–Crippen MR) is 71.9 cm³/mol. The van der Waals surface area contributed by atoms with Crippen molar-refractivity contribution in [2.75, 3.05) is 25.4 Å². The SMILES string of the molecule is CCN(CC)CCSc1ccc(F)c(C(=O)O)c1. The molecule has 0 unspecified atom stereocenters. The lowest BCUT2D eigenvalue weighted by atomic mass is 10.2. The van der Waals surface area contributed by atoms with Crippen LogP contribution in [0.4, 0.5) is 4.39 Å². The third kappa shape index (κ3) is 4.31. The van der Waals surface area contributed by atoms with Crippen molar-refractivity contribution in [2.45, 2.75) is 18.7 Å². The molecule has 0 atom stereocenters. The lowest BCUT2D eigenvalue weighted by molar-refractivity contribution is 0.0691. The summed E-state index contributed by atoms with van der Waals surface area (Å²) in [6.07, 6.45) is 0. The van der Waals surface area contributed by atoms with Crippen LogP contribution in [0.15, 0.2) is 23.1 Å². The van der Waals surface area contributed by atoms with Gasteiger partial charge in [0.25, 0.3) is 0 Å². The Labute approximate surface area is 111 Å². The van der Waals surface area contributed by atoms with E-state index in [0.29, 0.717) is 0 Å². The maximum Gasteiger partial charge on any atom is 0.338 e. The molecule has 0 fully saturated rings. The van der Waals surface area contributed by atoms with Gasteiger partial charge < -0.3 is 10.0 Å². The van der Waals surface area contributed by atoms with Gasteiger partial charge in [-0.1, -0.05) is 13.8 Å². The van der Waals surface area contributed by atoms with Gasteiger partial charge in [0.2, 0.25) is 0 Å². The van der Waals surface area contributed by atoms with E-state index in [-0.39, 0.29) is 5.56 Å². The molecule has 0 bridgehead atoms. The first-order valence-electron chi connectivity index (χ1n) is 5.96. The van der Waals surface area contributed by atoms with Crippen molar-refractivity contribution in [1.29, 1.82) is 0 Å². The lowest BCUT2D eigenvalue weighted by Gasteiger charge is -2.17. The average Bonchev–Trinajstić information content (AvgIpc) is 2.36. The molecule has 0 amide bonds. The molecule has 3 nitrogen and oxygen atoms in total. The summed E-state index contributed by atoms with van der Waals surface area (Å²) in [5, 5.41) is 8.82. The summed E-state index contributed by atoms with van der Waals surface area (Å²) >= 11 is 1.55. The van der Waals surface area contributed by atoms with Gasteiger partial charge in [-0.3, -0.25) is 0 Å². The standard InChI is InChI=1S/C13H18FNO2S/c1-3-15(4-2)7-8-18-10-5-6-12(14)11(9-10)13(16)17/h5-6,9H,3-4,7-8H2,1-2H3,(H,16,17). The highest BCUT2D eigenvalue weighted by atomic mass is 32.2. The van der Waals surface area contributed by atoms with Gasteiger partial charge in [0.1, 0.15) is 5.82 Å². The Morgan fingerprint density at radius 2 is 2.06 bits per heavy atom. The van der Waals surface area contributed by atoms with Crippen molar-refractivity contribution in [1.82, 2.24) is 4.90 Å². The molecule has 100 valence electrons. The first-order valence-corrected chi connectivity index (χ1v) is 6.95. The third-order valence-corrected chi connectivity index (χ3v) is 3.71. The monoisotopic (exact) mass is 271 g/mol. The number of hydrogen-bond donors (Lipinski definition) is 1. The fourth-order valence-electron chi connectivity index (χ4n) is 1.59. The molecular formula is C13H18FNO2S. The van der Waals surface area contributed by atoms with Gasteiger partial charge in [0.15, 0.2) is 0 Å². The highest BCUT2D eigenvalue weighted by Gasteiger charge is 2.11. The minimum Gasteiger partial charge on any atom is -0.478 e. The zero-order chi connectivity index (χ0) is 13.5. The van der Waals surface area contributed by atoms with Gasteiger partial charge in [-0.25, -0.2) is 9.18 Å². The normalized spacial score (nSPS) is 10.9. The van der Waals surface area contributed by atoms with Crippen LogP contribution in [0.2, 0.25) is 0 Å². The maximum atomic E-state index is 13.2. The number of carboxylic acids is 1. The van der Waals surface area contributed by atoms with E-state index in [2.05, 4.69) is 18.7 Å². The smallest absolute Gasteiger partial charge is 0.338 e. The summed E-state index contributed by atoms with van der Waals surface area (Å²) in [4.78, 5) is 13.9. The van der Waals surface area contributed by atoms with E-state index in [4.69, 9.17) is 5.11 Å². The summed E-state index contributed by atoms with van der Waals surface area (Å²) in [6.45, 7) is 7.16. The number of thioether (sulfide) groups is 1. The van der Waals surface area contributed by atoms with Crippen molar-refractivity contribution < 1.29 is 14.3 Å². The van der Waals surface area contributed by atoms with Gasteiger partial charge >= 0.3 is 5.97 Å². The Morgan fingerprint density at radius 1 is 1.39 bits per heavy atom. The molecule has 0 radical (unpaired) electrons. The van der Waals surface area contributed by atoms with Crippen molar-refractivity contribution in [3.05, 3.63) is 29.6 Å². The molecule has 1 N–H and O–H groups in total. The summed E-state index contributed by atoms with van der Waals surface area (Å²) in [7, 11) is 0. The van der Waals surface area contributed by atoms with E-state index in [0.717, 1.165) is 30.3 Å². The van der Waals surface area contributed by atoms with Gasteiger partial charge in [0.05, 0.1) is 5.56 Å². The summed E-state index contributed by atoms with van der Waals surface area (Å²) in [6, 6.07) is 4.22. The van der Waals surface area contributed by atoms with Crippen LogP contribution in [0.5, 0.6) is 0 Å². The summed E-state index contributed by atoms with van der Waals surface area (Å²) < 4.78 is 13.2. The molecule has 0 saturated heterocycles. The molecule has 1 rings (SSSR count). The number of nitrogens with zero attached hydrogens (tertiary/aromatic N) is 1. The predicted octanol–water partition coefficient (Wildman–Crippen LogP) is 2.96.